The van der Waals surface area contributed by atoms with Crippen molar-refractivity contribution in [3.05, 3.63) is 78.1 Å². The first-order valence-corrected chi connectivity index (χ1v) is 23.7. The number of aryl methyl sites for hydroxylation is 2. The molecule has 0 atom stereocenters. The molecule has 0 unspecified atom stereocenters. The van der Waals surface area contributed by atoms with Crippen LogP contribution in [-0.2, 0) is 96.7 Å². The average molecular weight is 941 g/mol. The highest BCUT2D eigenvalue weighted by molar-refractivity contribution is 9.10. The summed E-state index contributed by atoms with van der Waals surface area (Å²) in [5, 5.41) is 52.7. The third-order valence-corrected chi connectivity index (χ3v) is 14.4. The zero-order chi connectivity index (χ0) is 44.8. The van der Waals surface area contributed by atoms with Crippen molar-refractivity contribution in [2.45, 2.75) is 126 Å². The fourth-order valence-corrected chi connectivity index (χ4v) is 11.1. The van der Waals surface area contributed by atoms with E-state index in [-0.39, 0.29) is 10.1 Å². The number of ether oxygens (including phenoxy) is 1. The Bertz CT molecular complexity index is 2660. The normalized spacial score (nSPS) is 15.2. The number of hydrogen-bond donors (Lipinski definition) is 5. The molecule has 0 bridgehead atoms. The van der Waals surface area contributed by atoms with Crippen LogP contribution in [0, 0.1) is 22.8 Å². The van der Waals surface area contributed by atoms with Crippen LogP contribution in [0.2, 0.25) is 0 Å². The summed E-state index contributed by atoms with van der Waals surface area (Å²) in [5.41, 5.74) is 9.05. The van der Waals surface area contributed by atoms with Gasteiger partial charge < -0.3 is 20.3 Å². The van der Waals surface area contributed by atoms with Crippen LogP contribution in [0.25, 0.3) is 0 Å². The molecule has 0 saturated carbocycles. The van der Waals surface area contributed by atoms with Crippen molar-refractivity contribution in [2.75, 3.05) is 5.32 Å². The fourth-order valence-electron chi connectivity index (χ4n) is 8.86. The molecule has 0 fully saturated rings. The van der Waals surface area contributed by atoms with E-state index in [0.717, 1.165) is 132 Å². The lowest BCUT2D eigenvalue weighted by Gasteiger charge is -2.18. The Morgan fingerprint density at radius 2 is 1.16 bits per heavy atom. The van der Waals surface area contributed by atoms with Crippen molar-refractivity contribution >= 4 is 47.7 Å². The summed E-state index contributed by atoms with van der Waals surface area (Å²) in [6, 6.07) is 4.08. The molecule has 0 radical (unpaired) electrons. The Kier molecular flexibility index (Phi) is 12.8. The van der Waals surface area contributed by atoms with Crippen LogP contribution in [0.4, 0.5) is 10.5 Å². The van der Waals surface area contributed by atoms with Crippen molar-refractivity contribution in [3.63, 3.8) is 0 Å². The summed E-state index contributed by atoms with van der Waals surface area (Å²) in [6.07, 6.45) is 13.4. The predicted octanol–water partition coefficient (Wildman–Crippen LogP) is 4.59. The van der Waals surface area contributed by atoms with Crippen LogP contribution in [0.5, 0.6) is 5.75 Å². The number of primary sulfonamides is 1. The number of sulfonamides is 2. The minimum atomic E-state index is -4.19. The molecule has 2 aromatic carbocycles. The standard InChI is InChI=1S/C20H25BrN4O4S.C14H12N2O.C7H13N3O3S/c1-20(2,27)15-10-16(23-25(15)3)30(28,29)24-19(26)22-18-13-8-4-6-11(13)17(21)12-7-5-9-14(12)18;15-7-13-9-3-1-5-11(9)14(17-8-16)12-6-2-4-10(12)13;1-7(2,11)5-4-6(9-10(5)3)14(8,12)13/h10,27H,4-9H2,1-3H3,(H2,22,24,26);1-6H2;4,11H,1-3H3,(H2,8,12,13). The Morgan fingerprint density at radius 1 is 0.754 bits per heavy atom. The first-order chi connectivity index (χ1) is 28.5. The summed E-state index contributed by atoms with van der Waals surface area (Å²) >= 11 is 3.73. The van der Waals surface area contributed by atoms with Crippen LogP contribution in [0.1, 0.15) is 115 Å². The molecule has 2 heterocycles. The van der Waals surface area contributed by atoms with Crippen molar-refractivity contribution in [1.82, 2.24) is 24.3 Å². The molecule has 6 N–H and O–H groups in total. The highest BCUT2D eigenvalue weighted by Crippen LogP contribution is 2.45. The highest BCUT2D eigenvalue weighted by Gasteiger charge is 2.33. The monoisotopic (exact) mass is 939 g/mol. The number of nitriles is 2. The van der Waals surface area contributed by atoms with E-state index in [2.05, 4.69) is 42.2 Å². The van der Waals surface area contributed by atoms with E-state index in [9.17, 15) is 37.1 Å². The van der Waals surface area contributed by atoms with Crippen molar-refractivity contribution in [2.24, 2.45) is 19.2 Å². The first kappa shape index (κ1) is 45.7. The van der Waals surface area contributed by atoms with Crippen LogP contribution < -0.4 is 19.9 Å². The minimum absolute atomic E-state index is 0.239. The van der Waals surface area contributed by atoms with Crippen molar-refractivity contribution in [3.8, 4) is 18.1 Å². The number of amides is 2. The number of rotatable bonds is 7. The molecule has 326 valence electrons. The number of fused-ring (bicyclic) bond motifs is 4. The van der Waals surface area contributed by atoms with Gasteiger partial charge in [-0.2, -0.15) is 23.9 Å². The number of anilines is 1. The third-order valence-electron chi connectivity index (χ3n) is 11.4. The second-order valence-electron chi connectivity index (χ2n) is 16.6. The van der Waals surface area contributed by atoms with Crippen molar-refractivity contribution < 1.29 is 36.6 Å². The van der Waals surface area contributed by atoms with Gasteiger partial charge in [-0.15, -0.1) is 5.26 Å². The van der Waals surface area contributed by atoms with Crippen LogP contribution in [0.15, 0.2) is 26.7 Å². The maximum Gasteiger partial charge on any atom is 0.333 e. The molecular weight excluding hydrogens is 891 g/mol. The number of benzene rings is 2. The van der Waals surface area contributed by atoms with E-state index in [0.29, 0.717) is 11.4 Å². The number of aliphatic hydroxyl groups is 2. The largest absolute Gasteiger partial charge is 0.387 e. The first-order valence-electron chi connectivity index (χ1n) is 19.9. The van der Waals surface area contributed by atoms with Gasteiger partial charge in [-0.25, -0.2) is 23.1 Å². The summed E-state index contributed by atoms with van der Waals surface area (Å²) < 4.78 is 58.3. The lowest BCUT2D eigenvalue weighted by molar-refractivity contribution is 0.0690. The molecule has 2 amide bonds. The molecule has 20 heteroatoms. The Balaban J connectivity index is 0.000000169. The summed E-state index contributed by atoms with van der Waals surface area (Å²) in [7, 11) is -4.91. The molecule has 4 aliphatic carbocycles. The number of aromatic nitrogens is 4. The predicted molar refractivity (Wildman–Crippen MR) is 227 cm³/mol. The average Bonchev–Trinajstić information content (AvgIpc) is 4.01. The SMILES string of the molecule is Cn1nc(S(=O)(=O)NC(=O)Nc2c3c(c(Br)c4c2CCC4)CCC3)cc1C(C)(C)O.Cn1nc(S(N)(=O)=O)cc1C(C)(C)O.N#COc1c2c(c(C#N)c3c1CCC3)CCC2. The van der Waals surface area contributed by atoms with Gasteiger partial charge in [0.05, 0.1) is 23.0 Å². The quantitative estimate of drug-likeness (QED) is 0.159. The van der Waals surface area contributed by atoms with Gasteiger partial charge in [0.1, 0.15) is 17.0 Å². The molecular formula is C41H50BrN9O8S2. The van der Waals surface area contributed by atoms with Gasteiger partial charge in [-0.05, 0) is 138 Å². The summed E-state index contributed by atoms with van der Waals surface area (Å²) in [4.78, 5) is 12.7. The Hall–Kier alpha value is -4.83. The van der Waals surface area contributed by atoms with E-state index >= 15 is 0 Å². The number of carbonyl (C=O) groups excluding carboxylic acids is 1. The van der Waals surface area contributed by atoms with Gasteiger partial charge in [0.2, 0.25) is 0 Å². The molecule has 17 nitrogen and oxygen atoms in total. The number of hydrogen-bond acceptors (Lipinski definition) is 12. The van der Waals surface area contributed by atoms with Gasteiger partial charge in [0.15, 0.2) is 10.1 Å². The van der Waals surface area contributed by atoms with E-state index in [4.69, 9.17) is 15.1 Å². The van der Waals surface area contributed by atoms with E-state index in [1.165, 1.54) is 60.3 Å². The smallest absolute Gasteiger partial charge is 0.333 e. The minimum Gasteiger partial charge on any atom is -0.387 e. The van der Waals surface area contributed by atoms with Gasteiger partial charge in [0, 0.05) is 47.5 Å². The van der Waals surface area contributed by atoms with Crippen LogP contribution >= 0.6 is 15.9 Å². The molecule has 4 aliphatic rings. The van der Waals surface area contributed by atoms with Crippen molar-refractivity contribution in [1.29, 1.82) is 10.5 Å². The maximum absolute atomic E-state index is 12.7. The fraction of sp³-hybridized carbons (Fsp3) is 0.488. The molecule has 0 saturated heterocycles. The molecule has 8 rings (SSSR count). The summed E-state index contributed by atoms with van der Waals surface area (Å²) in [6.45, 7) is 6.15. The molecule has 0 spiro atoms. The molecule has 2 aromatic heterocycles. The van der Waals surface area contributed by atoms with Crippen LogP contribution in [0.3, 0.4) is 0 Å². The number of halogens is 1. The van der Waals surface area contributed by atoms with Crippen LogP contribution in [-0.4, -0.2) is 52.6 Å². The molecule has 0 aliphatic heterocycles. The third kappa shape index (κ3) is 9.35. The zero-order valence-corrected chi connectivity index (χ0v) is 38.2. The second-order valence-corrected chi connectivity index (χ2v) is 20.6. The van der Waals surface area contributed by atoms with Gasteiger partial charge >= 0.3 is 6.03 Å². The lowest BCUT2D eigenvalue weighted by atomic mass is 9.94. The van der Waals surface area contributed by atoms with Gasteiger partial charge in [-0.3, -0.25) is 9.36 Å². The van der Waals surface area contributed by atoms with E-state index in [1.807, 2.05) is 0 Å². The van der Waals surface area contributed by atoms with E-state index in [1.54, 1.807) is 20.4 Å². The van der Waals surface area contributed by atoms with Gasteiger partial charge in [0.25, 0.3) is 26.3 Å². The highest BCUT2D eigenvalue weighted by atomic mass is 79.9. The lowest BCUT2D eigenvalue weighted by Crippen LogP contribution is -2.35. The molecule has 61 heavy (non-hydrogen) atoms. The Morgan fingerprint density at radius 3 is 1.56 bits per heavy atom. The number of carbonyl (C=O) groups is 1. The number of nitrogens with zero attached hydrogens (tertiary/aromatic N) is 6. The maximum atomic E-state index is 12.7. The second kappa shape index (κ2) is 17.1. The number of nitrogens with two attached hydrogens (primary N) is 1. The summed E-state index contributed by atoms with van der Waals surface area (Å²) in [5.74, 6) is 0.770. The Labute approximate surface area is 364 Å². The van der Waals surface area contributed by atoms with Gasteiger partial charge in [-0.1, -0.05) is 15.9 Å². The topological polar surface area (TPSA) is 268 Å². The molecule has 4 aromatic rings. The zero-order valence-electron chi connectivity index (χ0n) is 34.9. The van der Waals surface area contributed by atoms with E-state index < -0.39 is 37.3 Å². The number of urea groups is 1. The number of nitrogens with one attached hydrogen (secondary N) is 2.